The van der Waals surface area contributed by atoms with Gasteiger partial charge in [0.25, 0.3) is 5.79 Å². The first-order valence-corrected chi connectivity index (χ1v) is 14.4. The van der Waals surface area contributed by atoms with Crippen LogP contribution in [0.4, 0.5) is 13.2 Å². The van der Waals surface area contributed by atoms with Crippen molar-refractivity contribution in [2.75, 3.05) is 7.11 Å². The van der Waals surface area contributed by atoms with Crippen molar-refractivity contribution in [3.63, 3.8) is 0 Å². The third kappa shape index (κ3) is 5.24. The molecule has 1 heterocycles. The van der Waals surface area contributed by atoms with E-state index in [1.165, 1.54) is 7.11 Å². The average Bonchev–Trinajstić information content (AvgIpc) is 2.62. The second-order valence-electron chi connectivity index (χ2n) is 7.77. The Bertz CT molecular complexity index is 433. The molecular formula is C13H27F3O6Si2. The summed E-state index contributed by atoms with van der Waals surface area (Å²) in [4.78, 5) is 0. The van der Waals surface area contributed by atoms with Gasteiger partial charge < -0.3 is 28.5 Å². The Morgan fingerprint density at radius 3 is 1.62 bits per heavy atom. The second-order valence-corrected chi connectivity index (χ2v) is 16.7. The molecule has 0 unspecified atom stereocenters. The molecule has 0 spiro atoms. The number of methoxy groups -OCH3 is 1. The molecule has 24 heavy (non-hydrogen) atoms. The Labute approximate surface area is 142 Å². The number of hydrogen-bond donors (Lipinski definition) is 2. The number of rotatable bonds is 6. The molecule has 144 valence electrons. The van der Waals surface area contributed by atoms with Crippen LogP contribution in [0.5, 0.6) is 0 Å². The van der Waals surface area contributed by atoms with Gasteiger partial charge in [-0.3, -0.25) is 0 Å². The average molecular weight is 393 g/mol. The third-order valence-corrected chi connectivity index (χ3v) is 5.16. The molecule has 1 aliphatic rings. The molecule has 0 aliphatic carbocycles. The lowest BCUT2D eigenvalue weighted by atomic mass is 10.0. The highest BCUT2D eigenvalue weighted by Gasteiger charge is 2.66. The Hall–Kier alpha value is -0.0162. The SMILES string of the molecule is CO[C@H]1O[C@H](C(O)(O)C(F)(F)F)[C@@H](O[Si](C)(C)C)[C@@H]1O[Si](C)(C)C. The van der Waals surface area contributed by atoms with Crippen LogP contribution in [0.2, 0.25) is 39.3 Å². The first-order chi connectivity index (χ1) is 10.5. The van der Waals surface area contributed by atoms with E-state index in [-0.39, 0.29) is 0 Å². The van der Waals surface area contributed by atoms with Crippen LogP contribution in [0, 0.1) is 0 Å². The highest BCUT2D eigenvalue weighted by molar-refractivity contribution is 6.70. The zero-order valence-corrected chi connectivity index (χ0v) is 17.0. The molecule has 0 aromatic heterocycles. The molecule has 1 rings (SSSR count). The second kappa shape index (κ2) is 6.95. The van der Waals surface area contributed by atoms with E-state index in [9.17, 15) is 23.4 Å². The van der Waals surface area contributed by atoms with Gasteiger partial charge in [-0.15, -0.1) is 0 Å². The standard InChI is InChI=1S/C13H27F3O6Si2/c1-19-11-9(22-24(5,6)7)8(21-23(2,3)4)10(20-11)12(17,18)13(14,15)16/h8-11,17-18H,1-7H3/t8-,9-,10-,11-/m0/s1. The molecule has 11 heteroatoms. The summed E-state index contributed by atoms with van der Waals surface area (Å²) in [6, 6.07) is 0. The first-order valence-electron chi connectivity index (χ1n) is 7.55. The molecule has 1 aliphatic heterocycles. The minimum absolute atomic E-state index is 0.987. The smallest absolute Gasteiger partial charge is 0.409 e. The van der Waals surface area contributed by atoms with Crippen LogP contribution in [0.1, 0.15) is 0 Å². The van der Waals surface area contributed by atoms with E-state index < -0.39 is 53.2 Å². The normalized spacial score (nSPS) is 30.0. The molecule has 1 saturated heterocycles. The maximum atomic E-state index is 13.1. The van der Waals surface area contributed by atoms with Crippen LogP contribution in [-0.2, 0) is 18.3 Å². The highest BCUT2D eigenvalue weighted by Crippen LogP contribution is 2.41. The van der Waals surface area contributed by atoms with Crippen LogP contribution in [-0.4, -0.2) is 70.5 Å². The topological polar surface area (TPSA) is 77.4 Å². The number of aliphatic hydroxyl groups is 2. The molecule has 0 radical (unpaired) electrons. The van der Waals surface area contributed by atoms with E-state index in [1.54, 1.807) is 19.6 Å². The monoisotopic (exact) mass is 392 g/mol. The van der Waals surface area contributed by atoms with Gasteiger partial charge in [-0.25, -0.2) is 0 Å². The van der Waals surface area contributed by atoms with Gasteiger partial charge in [0.1, 0.15) is 12.2 Å². The van der Waals surface area contributed by atoms with Crippen molar-refractivity contribution in [1.82, 2.24) is 0 Å². The summed E-state index contributed by atoms with van der Waals surface area (Å²) in [7, 11) is -3.30. The van der Waals surface area contributed by atoms with Crippen LogP contribution in [0.25, 0.3) is 0 Å². The number of alkyl halides is 3. The van der Waals surface area contributed by atoms with Crippen molar-refractivity contribution in [2.45, 2.75) is 75.8 Å². The van der Waals surface area contributed by atoms with Crippen molar-refractivity contribution in [2.24, 2.45) is 0 Å². The lowest BCUT2D eigenvalue weighted by Gasteiger charge is -2.37. The predicted octanol–water partition coefficient (Wildman–Crippen LogP) is 2.04. The fourth-order valence-corrected chi connectivity index (χ4v) is 4.51. The van der Waals surface area contributed by atoms with Crippen molar-refractivity contribution < 1.29 is 41.7 Å². The Kier molecular flexibility index (Phi) is 6.38. The number of hydrogen-bond acceptors (Lipinski definition) is 6. The largest absolute Gasteiger partial charge is 0.445 e. The molecular weight excluding hydrogens is 365 g/mol. The van der Waals surface area contributed by atoms with Crippen molar-refractivity contribution in [3.8, 4) is 0 Å². The summed E-state index contributed by atoms with van der Waals surface area (Å²) >= 11 is 0. The molecule has 6 nitrogen and oxygen atoms in total. The molecule has 0 saturated carbocycles. The van der Waals surface area contributed by atoms with Crippen molar-refractivity contribution in [3.05, 3.63) is 0 Å². The van der Waals surface area contributed by atoms with Gasteiger partial charge in [0, 0.05) is 7.11 Å². The number of halogens is 3. The lowest BCUT2D eigenvalue weighted by Crippen LogP contribution is -2.61. The Morgan fingerprint density at radius 2 is 1.29 bits per heavy atom. The fourth-order valence-electron chi connectivity index (χ4n) is 2.37. The predicted molar refractivity (Wildman–Crippen MR) is 85.3 cm³/mol. The number of ether oxygens (including phenoxy) is 2. The van der Waals surface area contributed by atoms with Crippen molar-refractivity contribution in [1.29, 1.82) is 0 Å². The molecule has 0 aromatic rings. The van der Waals surface area contributed by atoms with Gasteiger partial charge >= 0.3 is 6.18 Å². The minimum Gasteiger partial charge on any atom is -0.409 e. The zero-order valence-electron chi connectivity index (χ0n) is 15.0. The fraction of sp³-hybridized carbons (Fsp3) is 1.00. The summed E-state index contributed by atoms with van der Waals surface area (Å²) in [6.07, 6.45) is -10.9. The van der Waals surface area contributed by atoms with E-state index in [4.69, 9.17) is 18.3 Å². The van der Waals surface area contributed by atoms with E-state index in [1.807, 2.05) is 19.6 Å². The van der Waals surface area contributed by atoms with Crippen molar-refractivity contribution >= 4 is 16.6 Å². The highest BCUT2D eigenvalue weighted by atomic mass is 28.4. The maximum absolute atomic E-state index is 13.1. The maximum Gasteiger partial charge on any atom is 0.445 e. The van der Waals surface area contributed by atoms with E-state index >= 15 is 0 Å². The summed E-state index contributed by atoms with van der Waals surface area (Å²) < 4.78 is 61.2. The third-order valence-electron chi connectivity index (χ3n) is 3.20. The Morgan fingerprint density at radius 1 is 0.875 bits per heavy atom. The molecule has 0 bridgehead atoms. The molecule has 2 N–H and O–H groups in total. The van der Waals surface area contributed by atoms with Gasteiger partial charge in [-0.05, 0) is 39.3 Å². The van der Waals surface area contributed by atoms with Crippen LogP contribution < -0.4 is 0 Å². The van der Waals surface area contributed by atoms with E-state index in [2.05, 4.69) is 0 Å². The minimum atomic E-state index is -5.31. The molecule has 0 amide bonds. The Balaban J connectivity index is 3.27. The molecule has 4 atom stereocenters. The molecule has 1 fully saturated rings. The van der Waals surface area contributed by atoms with Crippen LogP contribution >= 0.6 is 0 Å². The van der Waals surface area contributed by atoms with Gasteiger partial charge in [-0.1, -0.05) is 0 Å². The van der Waals surface area contributed by atoms with E-state index in [0.29, 0.717) is 0 Å². The summed E-state index contributed by atoms with van der Waals surface area (Å²) in [6.45, 7) is 10.9. The summed E-state index contributed by atoms with van der Waals surface area (Å²) in [5.74, 6) is -4.08. The van der Waals surface area contributed by atoms with Gasteiger partial charge in [-0.2, -0.15) is 13.2 Å². The van der Waals surface area contributed by atoms with Gasteiger partial charge in [0.05, 0.1) is 0 Å². The first kappa shape index (κ1) is 22.0. The molecule has 0 aromatic carbocycles. The zero-order chi connectivity index (χ0) is 19.1. The quantitative estimate of drug-likeness (QED) is 0.532. The van der Waals surface area contributed by atoms with E-state index in [0.717, 1.165) is 0 Å². The van der Waals surface area contributed by atoms with Gasteiger partial charge in [0.2, 0.25) is 0 Å². The van der Waals surface area contributed by atoms with Gasteiger partial charge in [0.15, 0.2) is 29.0 Å². The lowest BCUT2D eigenvalue weighted by molar-refractivity contribution is -0.389. The van der Waals surface area contributed by atoms with Crippen LogP contribution in [0.3, 0.4) is 0 Å². The van der Waals surface area contributed by atoms with Crippen LogP contribution in [0.15, 0.2) is 0 Å². The summed E-state index contributed by atoms with van der Waals surface area (Å²) in [5, 5.41) is 19.4. The summed E-state index contributed by atoms with van der Waals surface area (Å²) in [5.41, 5.74) is 0.